The van der Waals surface area contributed by atoms with Gasteiger partial charge in [-0.25, -0.2) is 8.42 Å². The highest BCUT2D eigenvalue weighted by Gasteiger charge is 2.16. The average molecular weight is 270 g/mol. The van der Waals surface area contributed by atoms with Crippen molar-refractivity contribution >= 4 is 15.8 Å². The number of carbonyl (C=O) groups is 1. The zero-order valence-electron chi connectivity index (χ0n) is 10.6. The number of carbonyl (C=O) groups excluding carboxylic acids is 1. The van der Waals surface area contributed by atoms with E-state index in [9.17, 15) is 13.2 Å². The lowest BCUT2D eigenvalue weighted by atomic mass is 10.1. The summed E-state index contributed by atoms with van der Waals surface area (Å²) in [6.07, 6.45) is 0.685. The SMILES string of the molecule is CCC(C)C(=O)OCCS(=O)(=O)c1ccccc1. The maximum atomic E-state index is 11.9. The van der Waals surface area contributed by atoms with E-state index in [-0.39, 0.29) is 29.1 Å². The third-order valence-corrected chi connectivity index (χ3v) is 4.41. The molecular weight excluding hydrogens is 252 g/mol. The Morgan fingerprint density at radius 1 is 1.28 bits per heavy atom. The van der Waals surface area contributed by atoms with Crippen LogP contribution in [-0.4, -0.2) is 26.7 Å². The van der Waals surface area contributed by atoms with Crippen molar-refractivity contribution in [3.63, 3.8) is 0 Å². The van der Waals surface area contributed by atoms with Crippen LogP contribution < -0.4 is 0 Å². The van der Waals surface area contributed by atoms with Gasteiger partial charge in [0.2, 0.25) is 0 Å². The van der Waals surface area contributed by atoms with Crippen LogP contribution in [0, 0.1) is 5.92 Å². The molecule has 1 unspecified atom stereocenters. The zero-order valence-corrected chi connectivity index (χ0v) is 11.4. The standard InChI is InChI=1S/C13H18O4S/c1-3-11(2)13(14)17-9-10-18(15,16)12-7-5-4-6-8-12/h4-8,11H,3,9-10H2,1-2H3. The Bertz CT molecular complexity index is 479. The van der Waals surface area contributed by atoms with Crippen molar-refractivity contribution in [1.82, 2.24) is 0 Å². The second kappa shape index (κ2) is 6.54. The maximum absolute atomic E-state index is 11.9. The predicted octanol–water partition coefficient (Wildman–Crippen LogP) is 2.05. The van der Waals surface area contributed by atoms with Crippen LogP contribution in [0.15, 0.2) is 35.2 Å². The van der Waals surface area contributed by atoms with Crippen LogP contribution in [0.5, 0.6) is 0 Å². The van der Waals surface area contributed by atoms with Crippen molar-refractivity contribution in [3.8, 4) is 0 Å². The van der Waals surface area contributed by atoms with Gasteiger partial charge >= 0.3 is 5.97 Å². The van der Waals surface area contributed by atoms with Gasteiger partial charge < -0.3 is 4.74 Å². The molecule has 0 saturated heterocycles. The Morgan fingerprint density at radius 3 is 2.44 bits per heavy atom. The number of hydrogen-bond acceptors (Lipinski definition) is 4. The monoisotopic (exact) mass is 270 g/mol. The molecule has 0 amide bonds. The summed E-state index contributed by atoms with van der Waals surface area (Å²) in [5, 5.41) is 0. The van der Waals surface area contributed by atoms with Gasteiger partial charge in [-0.2, -0.15) is 0 Å². The number of benzene rings is 1. The van der Waals surface area contributed by atoms with Crippen LogP contribution in [0.1, 0.15) is 20.3 Å². The fourth-order valence-electron chi connectivity index (χ4n) is 1.31. The molecule has 0 aliphatic carbocycles. The molecule has 0 aliphatic heterocycles. The highest BCUT2D eigenvalue weighted by molar-refractivity contribution is 7.91. The van der Waals surface area contributed by atoms with E-state index >= 15 is 0 Å². The minimum Gasteiger partial charge on any atom is -0.464 e. The van der Waals surface area contributed by atoms with Crippen LogP contribution in [-0.2, 0) is 19.4 Å². The van der Waals surface area contributed by atoms with E-state index < -0.39 is 9.84 Å². The zero-order chi connectivity index (χ0) is 13.6. The van der Waals surface area contributed by atoms with Crippen LogP contribution >= 0.6 is 0 Å². The fraction of sp³-hybridized carbons (Fsp3) is 0.462. The third-order valence-electron chi connectivity index (χ3n) is 2.71. The van der Waals surface area contributed by atoms with E-state index in [1.807, 2.05) is 6.92 Å². The molecule has 0 fully saturated rings. The molecule has 0 aliphatic rings. The molecule has 0 radical (unpaired) electrons. The summed E-state index contributed by atoms with van der Waals surface area (Å²) in [6.45, 7) is 3.54. The van der Waals surface area contributed by atoms with Crippen LogP contribution in [0.2, 0.25) is 0 Å². The van der Waals surface area contributed by atoms with E-state index in [2.05, 4.69) is 0 Å². The average Bonchev–Trinajstić information content (AvgIpc) is 2.38. The summed E-state index contributed by atoms with van der Waals surface area (Å²) < 4.78 is 28.7. The van der Waals surface area contributed by atoms with Crippen molar-refractivity contribution in [3.05, 3.63) is 30.3 Å². The van der Waals surface area contributed by atoms with E-state index in [0.717, 1.165) is 0 Å². The topological polar surface area (TPSA) is 60.4 Å². The summed E-state index contributed by atoms with van der Waals surface area (Å²) >= 11 is 0. The number of hydrogen-bond donors (Lipinski definition) is 0. The van der Waals surface area contributed by atoms with E-state index in [1.165, 1.54) is 12.1 Å². The number of sulfone groups is 1. The first kappa shape index (κ1) is 14.7. The lowest BCUT2D eigenvalue weighted by molar-refractivity contribution is -0.147. The van der Waals surface area contributed by atoms with Crippen molar-refractivity contribution in [2.24, 2.45) is 5.92 Å². The Hall–Kier alpha value is -1.36. The van der Waals surface area contributed by atoms with Crippen LogP contribution in [0.3, 0.4) is 0 Å². The highest BCUT2D eigenvalue weighted by atomic mass is 32.2. The fourth-order valence-corrected chi connectivity index (χ4v) is 2.42. The second-order valence-electron chi connectivity index (χ2n) is 4.11. The summed E-state index contributed by atoms with van der Waals surface area (Å²) in [6, 6.07) is 8.15. The Balaban J connectivity index is 2.52. The van der Waals surface area contributed by atoms with Crippen molar-refractivity contribution < 1.29 is 17.9 Å². The molecule has 0 saturated carbocycles. The summed E-state index contributed by atoms with van der Waals surface area (Å²) in [7, 11) is -3.37. The molecule has 1 aromatic carbocycles. The lowest BCUT2D eigenvalue weighted by Gasteiger charge is -2.09. The van der Waals surface area contributed by atoms with Gasteiger partial charge in [-0.05, 0) is 18.6 Å². The van der Waals surface area contributed by atoms with E-state index in [4.69, 9.17) is 4.74 Å². The van der Waals surface area contributed by atoms with Crippen molar-refractivity contribution in [2.45, 2.75) is 25.2 Å². The summed E-state index contributed by atoms with van der Waals surface area (Å²) in [5.74, 6) is -0.718. The molecule has 1 atom stereocenters. The Morgan fingerprint density at radius 2 is 1.89 bits per heavy atom. The third kappa shape index (κ3) is 4.14. The van der Waals surface area contributed by atoms with Crippen LogP contribution in [0.25, 0.3) is 0 Å². The molecule has 0 N–H and O–H groups in total. The number of ether oxygens (including phenoxy) is 1. The lowest BCUT2D eigenvalue weighted by Crippen LogP contribution is -2.19. The van der Waals surface area contributed by atoms with Crippen molar-refractivity contribution in [2.75, 3.05) is 12.4 Å². The summed E-state index contributed by atoms with van der Waals surface area (Å²) in [4.78, 5) is 11.6. The molecule has 18 heavy (non-hydrogen) atoms. The molecule has 100 valence electrons. The van der Waals surface area contributed by atoms with Gasteiger partial charge in [-0.3, -0.25) is 4.79 Å². The van der Waals surface area contributed by atoms with Gasteiger partial charge in [0.25, 0.3) is 0 Å². The molecule has 1 aromatic rings. The molecule has 0 bridgehead atoms. The van der Waals surface area contributed by atoms with Gasteiger partial charge in [0.05, 0.1) is 16.6 Å². The van der Waals surface area contributed by atoms with Crippen LogP contribution in [0.4, 0.5) is 0 Å². The molecule has 0 aromatic heterocycles. The molecule has 1 rings (SSSR count). The molecule has 5 heteroatoms. The Kier molecular flexibility index (Phi) is 5.34. The normalized spacial score (nSPS) is 13.0. The van der Waals surface area contributed by atoms with E-state index in [1.54, 1.807) is 25.1 Å². The van der Waals surface area contributed by atoms with E-state index in [0.29, 0.717) is 6.42 Å². The maximum Gasteiger partial charge on any atom is 0.308 e. The first-order chi connectivity index (χ1) is 8.47. The molecule has 0 spiro atoms. The number of rotatable bonds is 6. The second-order valence-corrected chi connectivity index (χ2v) is 6.22. The van der Waals surface area contributed by atoms with Gasteiger partial charge in [0.1, 0.15) is 6.61 Å². The first-order valence-electron chi connectivity index (χ1n) is 5.92. The molecule has 4 nitrogen and oxygen atoms in total. The Labute approximate surface area is 108 Å². The first-order valence-corrected chi connectivity index (χ1v) is 7.57. The largest absolute Gasteiger partial charge is 0.464 e. The predicted molar refractivity (Wildman–Crippen MR) is 68.9 cm³/mol. The summed E-state index contributed by atoms with van der Waals surface area (Å²) in [5.41, 5.74) is 0. The molecule has 0 heterocycles. The van der Waals surface area contributed by atoms with Gasteiger partial charge in [-0.1, -0.05) is 32.0 Å². The van der Waals surface area contributed by atoms with Gasteiger partial charge in [0.15, 0.2) is 9.84 Å². The minimum absolute atomic E-state index is 0.0968. The smallest absolute Gasteiger partial charge is 0.308 e. The quantitative estimate of drug-likeness (QED) is 0.742. The molecular formula is C13H18O4S. The number of esters is 1. The minimum atomic E-state index is -3.37. The van der Waals surface area contributed by atoms with Gasteiger partial charge in [-0.15, -0.1) is 0 Å². The van der Waals surface area contributed by atoms with Gasteiger partial charge in [0, 0.05) is 0 Å². The van der Waals surface area contributed by atoms with Crippen molar-refractivity contribution in [1.29, 1.82) is 0 Å². The highest BCUT2D eigenvalue weighted by Crippen LogP contribution is 2.10.